The van der Waals surface area contributed by atoms with Crippen molar-refractivity contribution >= 4 is 58.6 Å². The predicted octanol–water partition coefficient (Wildman–Crippen LogP) is 5.16. The molecule has 1 aliphatic heterocycles. The number of nitro benzene ring substituents is 1. The van der Waals surface area contributed by atoms with Crippen LogP contribution < -0.4 is 9.64 Å². The van der Waals surface area contributed by atoms with E-state index in [0.29, 0.717) is 18.8 Å². The lowest BCUT2D eigenvalue weighted by atomic mass is 10.0. The highest BCUT2D eigenvalue weighted by molar-refractivity contribution is 7.99. The molecule has 3 aromatic carbocycles. The zero-order chi connectivity index (χ0) is 34.0. The summed E-state index contributed by atoms with van der Waals surface area (Å²) in [7, 11) is 3.55. The van der Waals surface area contributed by atoms with Gasteiger partial charge in [-0.25, -0.2) is 14.4 Å². The molecule has 0 aromatic heterocycles. The molecule has 0 spiro atoms. The summed E-state index contributed by atoms with van der Waals surface area (Å²) in [6.07, 6.45) is -0.304. The molecule has 4 rings (SSSR count). The number of anilines is 1. The number of carbonyl (C=O) groups excluding carboxylic acids is 2. The molecule has 46 heavy (non-hydrogen) atoms. The second-order valence-electron chi connectivity index (χ2n) is 9.93. The molecule has 1 amide bonds. The van der Waals surface area contributed by atoms with Crippen LogP contribution in [0, 0.1) is 10.1 Å². The Hall–Kier alpha value is -4.66. The first-order valence-electron chi connectivity index (χ1n) is 13.9. The summed E-state index contributed by atoms with van der Waals surface area (Å²) in [6, 6.07) is 18.5. The van der Waals surface area contributed by atoms with Crippen molar-refractivity contribution in [2.24, 2.45) is 0 Å². The number of carboxylic acids is 2. The summed E-state index contributed by atoms with van der Waals surface area (Å²) >= 11 is 7.35. The monoisotopic (exact) mass is 673 g/mol. The summed E-state index contributed by atoms with van der Waals surface area (Å²) in [5, 5.41) is 25.9. The van der Waals surface area contributed by atoms with Gasteiger partial charge in [-0.3, -0.25) is 14.9 Å². The van der Waals surface area contributed by atoms with Crippen molar-refractivity contribution in [1.29, 1.82) is 0 Å². The van der Waals surface area contributed by atoms with Gasteiger partial charge in [0.25, 0.3) is 11.6 Å². The Morgan fingerprint density at radius 2 is 1.70 bits per heavy atom. The molecule has 0 fully saturated rings. The molecule has 15 heteroatoms. The molecule has 2 N–H and O–H groups in total. The van der Waals surface area contributed by atoms with Gasteiger partial charge in [0.1, 0.15) is 11.3 Å². The van der Waals surface area contributed by atoms with E-state index >= 15 is 0 Å². The van der Waals surface area contributed by atoms with Crippen LogP contribution in [-0.4, -0.2) is 83.7 Å². The van der Waals surface area contributed by atoms with Crippen LogP contribution in [0.5, 0.6) is 5.75 Å². The number of benzene rings is 3. The first-order valence-corrected chi connectivity index (χ1v) is 15.1. The van der Waals surface area contributed by atoms with Crippen LogP contribution in [0.3, 0.4) is 0 Å². The van der Waals surface area contributed by atoms with Crippen LogP contribution in [-0.2, 0) is 19.1 Å². The number of carbonyl (C=O) groups is 4. The lowest BCUT2D eigenvalue weighted by molar-refractivity contribution is -0.385. The fourth-order valence-corrected chi connectivity index (χ4v) is 6.02. The van der Waals surface area contributed by atoms with E-state index < -0.39 is 45.8 Å². The number of para-hydroxylation sites is 1. The Morgan fingerprint density at radius 1 is 1.04 bits per heavy atom. The minimum Gasteiger partial charge on any atom is -0.497 e. The van der Waals surface area contributed by atoms with Crippen LogP contribution in [0.1, 0.15) is 34.5 Å². The van der Waals surface area contributed by atoms with E-state index in [-0.39, 0.29) is 10.6 Å². The number of nitrogens with zero attached hydrogens (tertiary/aromatic N) is 3. The highest BCUT2D eigenvalue weighted by Crippen LogP contribution is 2.47. The molecular formula is C31H32ClN3O10S. The van der Waals surface area contributed by atoms with Crippen molar-refractivity contribution in [2.75, 3.05) is 38.7 Å². The van der Waals surface area contributed by atoms with Crippen LogP contribution >= 0.6 is 23.4 Å². The van der Waals surface area contributed by atoms with Gasteiger partial charge in [-0.1, -0.05) is 42.8 Å². The molecule has 0 bridgehead atoms. The molecule has 13 nitrogen and oxygen atoms in total. The lowest BCUT2D eigenvalue weighted by Crippen LogP contribution is -2.45. The van der Waals surface area contributed by atoms with Crippen molar-refractivity contribution in [1.82, 2.24) is 4.90 Å². The standard InChI is InChI=1S/C29H30ClN3O6S.C2H2O4/c1-4-15-31(2)16-17-32-23-7-5-6-8-25(23)40-27(19-9-12-21(38-3)13-10-19)26(28(32)34)39-29(35)22-14-11-20(30)18-24(22)33(36)37;3-1(4)2(5)6/h5-14,18,26-27H,4,15-17H2,1-3H3;(H,3,4)(H,5,6)/t26-,27+;/m1./s1. The number of likely N-dealkylation sites (N-methyl/N-ethyl adjacent to an activating group) is 1. The Kier molecular flexibility index (Phi) is 12.9. The van der Waals surface area contributed by atoms with E-state index in [2.05, 4.69) is 11.8 Å². The number of thioether (sulfide) groups is 1. The third kappa shape index (κ3) is 9.19. The maximum atomic E-state index is 14.3. The molecule has 1 aliphatic rings. The zero-order valence-electron chi connectivity index (χ0n) is 25.1. The average Bonchev–Trinajstić information content (AvgIpc) is 3.14. The molecular weight excluding hydrogens is 642 g/mol. The molecule has 0 unspecified atom stereocenters. The number of hydrogen-bond donors (Lipinski definition) is 2. The van der Waals surface area contributed by atoms with Crippen molar-refractivity contribution in [3.05, 3.63) is 93.0 Å². The topological polar surface area (TPSA) is 177 Å². The maximum Gasteiger partial charge on any atom is 0.414 e. The maximum absolute atomic E-state index is 14.3. The Balaban J connectivity index is 0.000000875. The highest BCUT2D eigenvalue weighted by Gasteiger charge is 2.42. The van der Waals surface area contributed by atoms with Gasteiger partial charge in [-0.15, -0.1) is 11.8 Å². The van der Waals surface area contributed by atoms with E-state index in [9.17, 15) is 19.7 Å². The number of methoxy groups -OCH3 is 1. The van der Waals surface area contributed by atoms with Gasteiger partial charge in [0.05, 0.1) is 23.0 Å². The van der Waals surface area contributed by atoms with Crippen LogP contribution in [0.4, 0.5) is 11.4 Å². The van der Waals surface area contributed by atoms with E-state index in [1.807, 2.05) is 43.4 Å². The van der Waals surface area contributed by atoms with Gasteiger partial charge in [0.15, 0.2) is 6.10 Å². The molecule has 0 aliphatic carbocycles. The smallest absolute Gasteiger partial charge is 0.414 e. The third-order valence-electron chi connectivity index (χ3n) is 6.74. The summed E-state index contributed by atoms with van der Waals surface area (Å²) in [4.78, 5) is 61.5. The summed E-state index contributed by atoms with van der Waals surface area (Å²) in [6.45, 7) is 3.93. The molecule has 2 atom stereocenters. The minimum atomic E-state index is -1.82. The second-order valence-corrected chi connectivity index (χ2v) is 11.5. The molecule has 0 saturated carbocycles. The van der Waals surface area contributed by atoms with E-state index in [0.717, 1.165) is 35.2 Å². The van der Waals surface area contributed by atoms with E-state index in [1.54, 1.807) is 24.1 Å². The fraction of sp³-hybridized carbons (Fsp3) is 0.290. The largest absolute Gasteiger partial charge is 0.497 e. The number of aliphatic carboxylic acids is 2. The van der Waals surface area contributed by atoms with Gasteiger partial charge >= 0.3 is 17.9 Å². The Morgan fingerprint density at radius 3 is 2.28 bits per heavy atom. The average molecular weight is 674 g/mol. The van der Waals surface area contributed by atoms with Crippen molar-refractivity contribution in [3.8, 4) is 5.75 Å². The van der Waals surface area contributed by atoms with Gasteiger partial charge < -0.3 is 29.5 Å². The van der Waals surface area contributed by atoms with Crippen molar-refractivity contribution < 1.29 is 43.8 Å². The Bertz CT molecular complexity index is 1570. The van der Waals surface area contributed by atoms with Gasteiger partial charge in [-0.05, 0) is 62.0 Å². The molecule has 244 valence electrons. The van der Waals surface area contributed by atoms with Gasteiger partial charge in [-0.2, -0.15) is 0 Å². The van der Waals surface area contributed by atoms with Crippen LogP contribution in [0.25, 0.3) is 0 Å². The SMILES string of the molecule is CCCN(C)CCN1C(=O)[C@H](OC(=O)c2ccc(Cl)cc2[N+](=O)[O-])[C@H](c2ccc(OC)cc2)Sc2ccccc21.O=C(O)C(=O)O. The molecule has 1 heterocycles. The van der Waals surface area contributed by atoms with Crippen LogP contribution in [0.2, 0.25) is 5.02 Å². The van der Waals surface area contributed by atoms with E-state index in [4.69, 9.17) is 40.9 Å². The van der Waals surface area contributed by atoms with Crippen molar-refractivity contribution in [2.45, 2.75) is 29.6 Å². The minimum absolute atomic E-state index is 0.110. The first-order chi connectivity index (χ1) is 21.9. The number of esters is 1. The molecule has 0 radical (unpaired) electrons. The quantitative estimate of drug-likeness (QED) is 0.125. The number of amides is 1. The summed E-state index contributed by atoms with van der Waals surface area (Å²) in [5.74, 6) is -4.40. The number of hydrogen-bond acceptors (Lipinski definition) is 10. The number of carboxylic acid groups (broad SMARTS) is 2. The number of nitro groups is 1. The number of rotatable bonds is 10. The van der Waals surface area contributed by atoms with E-state index in [1.165, 1.54) is 23.9 Å². The third-order valence-corrected chi connectivity index (χ3v) is 8.35. The summed E-state index contributed by atoms with van der Waals surface area (Å²) in [5.41, 5.74) is 0.685. The zero-order valence-corrected chi connectivity index (χ0v) is 26.7. The van der Waals surface area contributed by atoms with Gasteiger partial charge in [0.2, 0.25) is 0 Å². The molecule has 3 aromatic rings. The van der Waals surface area contributed by atoms with Gasteiger partial charge in [0, 0.05) is 29.1 Å². The normalized spacial score (nSPS) is 15.6. The van der Waals surface area contributed by atoms with Crippen LogP contribution in [0.15, 0.2) is 71.6 Å². The summed E-state index contributed by atoms with van der Waals surface area (Å²) < 4.78 is 11.2. The number of ether oxygens (including phenoxy) is 2. The predicted molar refractivity (Wildman–Crippen MR) is 171 cm³/mol. The molecule has 0 saturated heterocycles. The first kappa shape index (κ1) is 35.8. The Labute approximate surface area is 273 Å². The highest BCUT2D eigenvalue weighted by atomic mass is 35.5. The van der Waals surface area contributed by atoms with Crippen molar-refractivity contribution in [3.63, 3.8) is 0 Å². The second kappa shape index (κ2) is 16.6. The number of fused-ring (bicyclic) bond motifs is 1. The number of halogens is 1. The lowest BCUT2D eigenvalue weighted by Gasteiger charge is -2.29. The fourth-order valence-electron chi connectivity index (χ4n) is 4.53.